The van der Waals surface area contributed by atoms with Crippen molar-refractivity contribution in [2.75, 3.05) is 0 Å². The van der Waals surface area contributed by atoms with Crippen molar-refractivity contribution in [3.05, 3.63) is 71.8 Å². The predicted molar refractivity (Wildman–Crippen MR) is 114 cm³/mol. The van der Waals surface area contributed by atoms with E-state index in [4.69, 9.17) is 10.3 Å². The first-order chi connectivity index (χ1) is 15.8. The number of amides is 5. The molecule has 5 amide bonds. The van der Waals surface area contributed by atoms with E-state index >= 15 is 0 Å². The highest BCUT2D eigenvalue weighted by Crippen LogP contribution is 2.32. The molecule has 2 aliphatic heterocycles. The van der Waals surface area contributed by atoms with Gasteiger partial charge in [0.15, 0.2) is 5.54 Å². The van der Waals surface area contributed by atoms with E-state index in [0.717, 1.165) is 11.1 Å². The number of imide groups is 2. The zero-order valence-electron chi connectivity index (χ0n) is 17.6. The van der Waals surface area contributed by atoms with E-state index in [1.54, 1.807) is 0 Å². The third-order valence-electron chi connectivity index (χ3n) is 5.44. The number of carbonyl (C=O) groups is 5. The lowest BCUT2D eigenvalue weighted by molar-refractivity contribution is -0.172. The summed E-state index contributed by atoms with van der Waals surface area (Å²) < 4.78 is 0. The summed E-state index contributed by atoms with van der Waals surface area (Å²) in [6.07, 6.45) is 0.624. The van der Waals surface area contributed by atoms with Crippen LogP contribution in [0.25, 0.3) is 0 Å². The molecule has 1 unspecified atom stereocenters. The zero-order valence-corrected chi connectivity index (χ0v) is 17.6. The number of nitrogens with zero attached hydrogens (tertiary/aromatic N) is 1. The van der Waals surface area contributed by atoms with Crippen molar-refractivity contribution in [1.82, 2.24) is 15.7 Å². The van der Waals surface area contributed by atoms with Crippen LogP contribution in [0.4, 0.5) is 4.79 Å². The molecule has 10 heteroatoms. The number of carbonyl (C=O) groups excluding carboxylic acids is 4. The van der Waals surface area contributed by atoms with E-state index in [-0.39, 0.29) is 23.8 Å². The van der Waals surface area contributed by atoms with E-state index in [1.165, 1.54) is 0 Å². The Morgan fingerprint density at radius 3 is 1.91 bits per heavy atom. The van der Waals surface area contributed by atoms with Gasteiger partial charge in [-0.2, -0.15) is 5.06 Å². The summed E-state index contributed by atoms with van der Waals surface area (Å²) in [5, 5.41) is 22.4. The Hall–Kier alpha value is -4.05. The predicted octanol–water partition coefficient (Wildman–Crippen LogP) is 1.78. The summed E-state index contributed by atoms with van der Waals surface area (Å²) in [7, 11) is 0. The molecule has 2 aliphatic rings. The van der Waals surface area contributed by atoms with Crippen LogP contribution in [0.5, 0.6) is 0 Å². The highest BCUT2D eigenvalue weighted by atomic mass is 16.5. The van der Waals surface area contributed by atoms with Gasteiger partial charge in [-0.15, -0.1) is 0 Å². The van der Waals surface area contributed by atoms with Crippen LogP contribution in [-0.2, 0) is 24.7 Å². The summed E-state index contributed by atoms with van der Waals surface area (Å²) in [5.41, 5.74) is 0.341. The van der Waals surface area contributed by atoms with Crippen LogP contribution in [0.15, 0.2) is 60.7 Å². The molecular formula is C23H23N3O7. The minimum absolute atomic E-state index is 0.0189. The fourth-order valence-electron chi connectivity index (χ4n) is 3.81. The number of hydrogen-bond donors (Lipinski definition) is 4. The molecule has 2 aromatic carbocycles. The quantitative estimate of drug-likeness (QED) is 0.295. The second-order valence-corrected chi connectivity index (χ2v) is 7.62. The number of nitrogens with one attached hydrogen (secondary N) is 2. The molecule has 10 nitrogen and oxygen atoms in total. The molecule has 4 rings (SSSR count). The molecule has 2 fully saturated rings. The molecule has 0 radical (unpaired) electrons. The maximum absolute atomic E-state index is 12.3. The van der Waals surface area contributed by atoms with Crippen molar-refractivity contribution in [2.24, 2.45) is 5.92 Å². The smallest absolute Gasteiger partial charge is 0.322 e. The molecule has 2 heterocycles. The molecule has 0 saturated carbocycles. The van der Waals surface area contributed by atoms with E-state index < -0.39 is 35.3 Å². The maximum Gasteiger partial charge on any atom is 0.322 e. The second-order valence-electron chi connectivity index (χ2n) is 7.62. The van der Waals surface area contributed by atoms with Crippen LogP contribution < -0.4 is 10.6 Å². The summed E-state index contributed by atoms with van der Waals surface area (Å²) in [4.78, 5) is 56.0. The second kappa shape index (κ2) is 10.0. The number of carboxylic acid groups (broad SMARTS) is 1. The minimum atomic E-state index is -1.14. The summed E-state index contributed by atoms with van der Waals surface area (Å²) in [5.74, 6) is -3.07. The number of hydrogen-bond acceptors (Lipinski definition) is 6. The van der Waals surface area contributed by atoms with Crippen molar-refractivity contribution in [1.29, 1.82) is 0 Å². The fraction of sp³-hybridized carbons (Fsp3) is 0.261. The summed E-state index contributed by atoms with van der Waals surface area (Å²) in [6.45, 7) is 0. The Labute approximate surface area is 189 Å². The van der Waals surface area contributed by atoms with Crippen molar-refractivity contribution in [3.63, 3.8) is 0 Å². The lowest BCUT2D eigenvalue weighted by Gasteiger charge is -2.27. The fourth-order valence-corrected chi connectivity index (χ4v) is 3.81. The average Bonchev–Trinajstić information content (AvgIpc) is 3.25. The van der Waals surface area contributed by atoms with Gasteiger partial charge in [0.25, 0.3) is 17.7 Å². The van der Waals surface area contributed by atoms with Crippen LogP contribution in [0.3, 0.4) is 0 Å². The SMILES string of the molecule is O=C(O)CCCC1CC(=O)N(O)C1=O.O=C1NC(=O)C(c2ccccc2)(c2ccccc2)N1. The third-order valence-corrected chi connectivity index (χ3v) is 5.44. The molecule has 4 N–H and O–H groups in total. The van der Waals surface area contributed by atoms with Gasteiger partial charge in [0.1, 0.15) is 0 Å². The highest BCUT2D eigenvalue weighted by molar-refractivity contribution is 6.09. The van der Waals surface area contributed by atoms with Crippen LogP contribution in [0.1, 0.15) is 36.8 Å². The number of aliphatic carboxylic acids is 1. The van der Waals surface area contributed by atoms with Crippen molar-refractivity contribution in [2.45, 2.75) is 31.2 Å². The Bertz CT molecular complexity index is 1020. The highest BCUT2D eigenvalue weighted by Gasteiger charge is 2.49. The number of rotatable bonds is 6. The van der Waals surface area contributed by atoms with E-state index in [1.807, 2.05) is 60.7 Å². The lowest BCUT2D eigenvalue weighted by Crippen LogP contribution is -2.44. The average molecular weight is 453 g/mol. The standard InChI is InChI=1S/C15H12N2O2.C8H11NO5/c18-13-15(17-14(19)16-13,11-7-3-1-4-8-11)12-9-5-2-6-10-12;10-6-4-5(8(13)9(6)14)2-1-3-7(11)12/h1-10H,(H2,16,17,18,19);5,14H,1-4H2,(H,11,12). The van der Waals surface area contributed by atoms with Crippen LogP contribution in [-0.4, -0.2) is 45.1 Å². The first-order valence-electron chi connectivity index (χ1n) is 10.3. The van der Waals surface area contributed by atoms with Crippen LogP contribution in [0.2, 0.25) is 0 Å². The van der Waals surface area contributed by atoms with Gasteiger partial charge >= 0.3 is 12.0 Å². The molecule has 172 valence electrons. The van der Waals surface area contributed by atoms with E-state index in [2.05, 4.69) is 10.6 Å². The molecule has 33 heavy (non-hydrogen) atoms. The minimum Gasteiger partial charge on any atom is -0.481 e. The first-order valence-corrected chi connectivity index (χ1v) is 10.3. The molecule has 0 bridgehead atoms. The van der Waals surface area contributed by atoms with Gasteiger partial charge < -0.3 is 10.4 Å². The van der Waals surface area contributed by atoms with Crippen molar-refractivity contribution >= 4 is 29.7 Å². The van der Waals surface area contributed by atoms with Crippen LogP contribution in [0, 0.1) is 5.92 Å². The molecule has 1 atom stereocenters. The van der Waals surface area contributed by atoms with Gasteiger partial charge in [0.2, 0.25) is 0 Å². The summed E-state index contributed by atoms with van der Waals surface area (Å²) in [6, 6.07) is 18.0. The van der Waals surface area contributed by atoms with Gasteiger partial charge in [-0.05, 0) is 24.0 Å². The van der Waals surface area contributed by atoms with Gasteiger partial charge in [-0.25, -0.2) is 4.79 Å². The number of urea groups is 1. The number of carboxylic acids is 1. The maximum atomic E-state index is 12.3. The normalized spacial score (nSPS) is 18.9. The lowest BCUT2D eigenvalue weighted by atomic mass is 9.83. The van der Waals surface area contributed by atoms with Gasteiger partial charge in [0.05, 0.1) is 0 Å². The van der Waals surface area contributed by atoms with Gasteiger partial charge in [-0.3, -0.25) is 29.7 Å². The Morgan fingerprint density at radius 2 is 1.52 bits per heavy atom. The Morgan fingerprint density at radius 1 is 0.970 bits per heavy atom. The van der Waals surface area contributed by atoms with Gasteiger partial charge in [-0.1, -0.05) is 60.7 Å². The molecule has 2 aromatic rings. The van der Waals surface area contributed by atoms with E-state index in [0.29, 0.717) is 12.8 Å². The first kappa shape index (κ1) is 23.6. The van der Waals surface area contributed by atoms with E-state index in [9.17, 15) is 24.0 Å². The number of benzene rings is 2. The van der Waals surface area contributed by atoms with Crippen molar-refractivity contribution < 1.29 is 34.3 Å². The van der Waals surface area contributed by atoms with Crippen molar-refractivity contribution in [3.8, 4) is 0 Å². The third kappa shape index (κ3) is 5.07. The largest absolute Gasteiger partial charge is 0.481 e. The molecular weight excluding hydrogens is 430 g/mol. The Kier molecular flexibility index (Phi) is 7.19. The topological polar surface area (TPSA) is 153 Å². The molecule has 0 aliphatic carbocycles. The molecule has 0 spiro atoms. The van der Waals surface area contributed by atoms with Crippen LogP contribution >= 0.6 is 0 Å². The monoisotopic (exact) mass is 453 g/mol. The summed E-state index contributed by atoms with van der Waals surface area (Å²) >= 11 is 0. The Balaban J connectivity index is 0.000000196. The zero-order chi connectivity index (χ0) is 24.0. The molecule has 2 saturated heterocycles. The van der Waals surface area contributed by atoms with Gasteiger partial charge in [0, 0.05) is 18.8 Å². The number of hydroxylamine groups is 2. The molecule has 0 aromatic heterocycles.